The zero-order valence-corrected chi connectivity index (χ0v) is 34.9. The molecule has 0 N–H and O–H groups in total. The molecule has 10 aromatic carbocycles. The predicted molar refractivity (Wildman–Crippen MR) is 263 cm³/mol. The van der Waals surface area contributed by atoms with E-state index in [1.165, 1.54) is 54.7 Å². The predicted octanol–water partition coefficient (Wildman–Crippen LogP) is 15.6. The maximum Gasteiger partial charge on any atom is 0.164 e. The number of aromatic nitrogens is 3. The first kappa shape index (κ1) is 36.4. The lowest BCUT2D eigenvalue weighted by atomic mass is 9.83. The lowest BCUT2D eigenvalue weighted by Crippen LogP contribution is -2.05. The maximum absolute atomic E-state index is 6.81. The monoisotopic (exact) mass is 817 g/mol. The molecule has 2 aromatic heterocycles. The Labute approximate surface area is 370 Å². The van der Waals surface area contributed by atoms with Crippen molar-refractivity contribution in [3.63, 3.8) is 0 Å². The van der Waals surface area contributed by atoms with Crippen molar-refractivity contribution in [1.82, 2.24) is 15.0 Å². The zero-order valence-electron chi connectivity index (χ0n) is 34.9. The smallest absolute Gasteiger partial charge is 0.164 e. The number of aryl methyl sites for hydroxylation is 1. The summed E-state index contributed by atoms with van der Waals surface area (Å²) >= 11 is 0. The third-order valence-electron chi connectivity index (χ3n) is 13.3. The Morgan fingerprint density at radius 1 is 0.375 bits per heavy atom. The SMILES string of the molecule is c1ccc(-c2ccc(-c3nc(-c4ccc5ccccc5c4)nc(-c4cc(C5CCc6cc7ccccc7cc6-c6cc7ccccc7cc65)cc5oc6ccccc6c45)n3)cc2)cc1. The molecular weight excluding hydrogens is 779 g/mol. The van der Waals surface area contributed by atoms with Crippen LogP contribution in [-0.4, -0.2) is 15.0 Å². The molecule has 0 saturated heterocycles. The molecule has 13 rings (SSSR count). The van der Waals surface area contributed by atoms with Gasteiger partial charge in [-0.1, -0.05) is 164 Å². The van der Waals surface area contributed by atoms with Gasteiger partial charge in [0.05, 0.1) is 0 Å². The zero-order chi connectivity index (χ0) is 42.1. The minimum atomic E-state index is 0.0678. The quantitative estimate of drug-likeness (QED) is 0.174. The van der Waals surface area contributed by atoms with Crippen molar-refractivity contribution in [3.05, 3.63) is 223 Å². The van der Waals surface area contributed by atoms with Crippen LogP contribution in [0.5, 0.6) is 0 Å². The van der Waals surface area contributed by atoms with Crippen LogP contribution in [-0.2, 0) is 6.42 Å². The molecular formula is C60H39N3O. The Bertz CT molecular complexity index is 3790. The normalized spacial score (nSPS) is 13.7. The summed E-state index contributed by atoms with van der Waals surface area (Å²) in [5.74, 6) is 1.92. The van der Waals surface area contributed by atoms with Gasteiger partial charge in [-0.05, 0) is 127 Å². The van der Waals surface area contributed by atoms with Gasteiger partial charge in [0.25, 0.3) is 0 Å². The number of fused-ring (bicyclic) bond motifs is 9. The van der Waals surface area contributed by atoms with E-state index < -0.39 is 0 Å². The summed E-state index contributed by atoms with van der Waals surface area (Å²) in [6, 6.07) is 74.0. The molecule has 12 aromatic rings. The van der Waals surface area contributed by atoms with Gasteiger partial charge in [0, 0.05) is 33.4 Å². The minimum absolute atomic E-state index is 0.0678. The van der Waals surface area contributed by atoms with Gasteiger partial charge in [-0.2, -0.15) is 0 Å². The van der Waals surface area contributed by atoms with Crippen LogP contribution < -0.4 is 0 Å². The van der Waals surface area contributed by atoms with Gasteiger partial charge < -0.3 is 4.42 Å². The Hall–Kier alpha value is -8.21. The summed E-state index contributed by atoms with van der Waals surface area (Å²) in [7, 11) is 0. The van der Waals surface area contributed by atoms with Crippen LogP contribution >= 0.6 is 0 Å². The summed E-state index contributed by atoms with van der Waals surface area (Å²) in [5.41, 5.74) is 13.2. The standard InChI is InChI=1S/C60H39N3O/c1-2-12-37(13-3-1)39-22-25-40(26-23-39)58-61-59(47-27-24-38-14-4-5-15-41(38)31-47)63-60(62-58)54-35-48(36-56-57(54)50-20-10-11-21-55(50)64-56)49-29-28-46-30-42-16-6-7-17-43(42)32-51(46)53-34-45-19-9-8-18-44(45)33-52(49)53/h1-27,30-36,49H,28-29H2. The van der Waals surface area contributed by atoms with E-state index in [4.69, 9.17) is 19.4 Å². The summed E-state index contributed by atoms with van der Waals surface area (Å²) in [6.45, 7) is 0. The van der Waals surface area contributed by atoms with Crippen molar-refractivity contribution < 1.29 is 4.42 Å². The average molecular weight is 818 g/mol. The van der Waals surface area contributed by atoms with Gasteiger partial charge >= 0.3 is 0 Å². The summed E-state index contributed by atoms with van der Waals surface area (Å²) in [5, 5.41) is 9.35. The van der Waals surface area contributed by atoms with Crippen LogP contribution in [0.25, 0.3) is 111 Å². The van der Waals surface area contributed by atoms with Crippen LogP contribution in [0.4, 0.5) is 0 Å². The van der Waals surface area contributed by atoms with E-state index >= 15 is 0 Å². The lowest BCUT2D eigenvalue weighted by molar-refractivity contribution is 0.665. The largest absolute Gasteiger partial charge is 0.456 e. The van der Waals surface area contributed by atoms with Gasteiger partial charge in [0.2, 0.25) is 0 Å². The van der Waals surface area contributed by atoms with Gasteiger partial charge in [-0.15, -0.1) is 0 Å². The van der Waals surface area contributed by atoms with Crippen LogP contribution in [0.3, 0.4) is 0 Å². The Balaban J connectivity index is 1.05. The van der Waals surface area contributed by atoms with E-state index in [-0.39, 0.29) is 5.92 Å². The third-order valence-corrected chi connectivity index (χ3v) is 13.3. The molecule has 1 aliphatic carbocycles. The molecule has 0 radical (unpaired) electrons. The van der Waals surface area contributed by atoms with Crippen LogP contribution in [0.2, 0.25) is 0 Å². The van der Waals surface area contributed by atoms with E-state index in [2.05, 4.69) is 194 Å². The fourth-order valence-corrected chi connectivity index (χ4v) is 10.1. The second-order valence-electron chi connectivity index (χ2n) is 17.1. The van der Waals surface area contributed by atoms with Gasteiger partial charge in [0.1, 0.15) is 11.2 Å². The molecule has 300 valence electrons. The fourth-order valence-electron chi connectivity index (χ4n) is 10.1. The summed E-state index contributed by atoms with van der Waals surface area (Å²) in [4.78, 5) is 16.0. The fraction of sp³-hybridized carbons (Fsp3) is 0.0500. The Kier molecular flexibility index (Phi) is 8.38. The number of hydrogen-bond donors (Lipinski definition) is 0. The molecule has 0 spiro atoms. The number of benzene rings is 10. The Morgan fingerprint density at radius 2 is 0.938 bits per heavy atom. The number of furan rings is 1. The van der Waals surface area contributed by atoms with E-state index in [0.29, 0.717) is 17.5 Å². The molecule has 0 saturated carbocycles. The molecule has 64 heavy (non-hydrogen) atoms. The second kappa shape index (κ2) is 14.7. The first-order valence-corrected chi connectivity index (χ1v) is 22.1. The van der Waals surface area contributed by atoms with Crippen molar-refractivity contribution in [2.75, 3.05) is 0 Å². The summed E-state index contributed by atoms with van der Waals surface area (Å²) < 4.78 is 6.81. The lowest BCUT2D eigenvalue weighted by Gasteiger charge is -2.21. The van der Waals surface area contributed by atoms with Gasteiger partial charge in [0.15, 0.2) is 17.5 Å². The van der Waals surface area contributed by atoms with Crippen molar-refractivity contribution in [1.29, 1.82) is 0 Å². The molecule has 2 heterocycles. The first-order chi connectivity index (χ1) is 31.7. The highest BCUT2D eigenvalue weighted by Gasteiger charge is 2.28. The van der Waals surface area contributed by atoms with E-state index in [1.807, 2.05) is 12.1 Å². The minimum Gasteiger partial charge on any atom is -0.456 e. The molecule has 1 atom stereocenters. The van der Waals surface area contributed by atoms with E-state index in [1.54, 1.807) is 0 Å². The van der Waals surface area contributed by atoms with Gasteiger partial charge in [-0.25, -0.2) is 15.0 Å². The molecule has 1 aliphatic rings. The molecule has 4 heteroatoms. The van der Waals surface area contributed by atoms with E-state index in [9.17, 15) is 0 Å². The van der Waals surface area contributed by atoms with Crippen LogP contribution in [0.15, 0.2) is 211 Å². The third kappa shape index (κ3) is 6.18. The molecule has 0 fully saturated rings. The number of hydrogen-bond acceptors (Lipinski definition) is 4. The molecule has 0 amide bonds. The highest BCUT2D eigenvalue weighted by Crippen LogP contribution is 2.47. The van der Waals surface area contributed by atoms with Crippen molar-refractivity contribution in [3.8, 4) is 56.4 Å². The highest BCUT2D eigenvalue weighted by molar-refractivity contribution is 6.12. The average Bonchev–Trinajstić information content (AvgIpc) is 3.67. The highest BCUT2D eigenvalue weighted by atomic mass is 16.3. The topological polar surface area (TPSA) is 51.8 Å². The Morgan fingerprint density at radius 3 is 1.70 bits per heavy atom. The molecule has 4 nitrogen and oxygen atoms in total. The van der Waals surface area contributed by atoms with Crippen molar-refractivity contribution in [2.24, 2.45) is 0 Å². The maximum atomic E-state index is 6.81. The van der Waals surface area contributed by atoms with Crippen molar-refractivity contribution >= 4 is 54.3 Å². The summed E-state index contributed by atoms with van der Waals surface area (Å²) in [6.07, 6.45) is 1.87. The van der Waals surface area contributed by atoms with Crippen LogP contribution in [0.1, 0.15) is 29.0 Å². The molecule has 1 unspecified atom stereocenters. The molecule has 0 aliphatic heterocycles. The number of para-hydroxylation sites is 1. The van der Waals surface area contributed by atoms with Crippen LogP contribution in [0, 0.1) is 0 Å². The molecule has 0 bridgehead atoms. The van der Waals surface area contributed by atoms with Crippen molar-refractivity contribution in [2.45, 2.75) is 18.8 Å². The number of rotatable bonds is 5. The number of nitrogens with zero attached hydrogens (tertiary/aromatic N) is 3. The van der Waals surface area contributed by atoms with Gasteiger partial charge in [-0.3, -0.25) is 0 Å². The first-order valence-electron chi connectivity index (χ1n) is 22.1. The second-order valence-corrected chi connectivity index (χ2v) is 17.1. The van der Waals surface area contributed by atoms with E-state index in [0.717, 1.165) is 68.0 Å².